The first kappa shape index (κ1) is 18.3. The van der Waals surface area contributed by atoms with Gasteiger partial charge in [0.1, 0.15) is 12.7 Å². The van der Waals surface area contributed by atoms with Crippen molar-refractivity contribution in [1.29, 1.82) is 0 Å². The number of hydrogen-bond acceptors (Lipinski definition) is 5. The van der Waals surface area contributed by atoms with E-state index in [9.17, 15) is 0 Å². The van der Waals surface area contributed by atoms with Gasteiger partial charge in [-0.3, -0.25) is 10.00 Å². The quantitative estimate of drug-likeness (QED) is 0.506. The average molecular weight is 392 g/mol. The molecule has 0 fully saturated rings. The van der Waals surface area contributed by atoms with Gasteiger partial charge in [0.05, 0.1) is 12.4 Å². The lowest BCUT2D eigenvalue weighted by Crippen LogP contribution is -2.26. The van der Waals surface area contributed by atoms with E-state index in [1.165, 1.54) is 11.9 Å². The number of H-pyrrole nitrogens is 1. The van der Waals surface area contributed by atoms with Gasteiger partial charge in [-0.05, 0) is 43.9 Å². The van der Waals surface area contributed by atoms with Crippen LogP contribution < -0.4 is 0 Å². The molecule has 4 rings (SSSR count). The molecule has 0 aliphatic carbocycles. The number of aromatic nitrogens is 6. The average Bonchev–Trinajstić information content (AvgIpc) is 3.39. The molecule has 2 aromatic carbocycles. The molecule has 0 radical (unpaired) electrons. The Bertz CT molecular complexity index is 1080. The van der Waals surface area contributed by atoms with Crippen LogP contribution in [-0.4, -0.2) is 41.5 Å². The van der Waals surface area contributed by atoms with Gasteiger partial charge >= 0.3 is 0 Å². The Morgan fingerprint density at radius 2 is 1.86 bits per heavy atom. The maximum absolute atomic E-state index is 5.44. The molecule has 0 saturated carbocycles. The number of aromatic amines is 1. The zero-order valence-corrected chi connectivity index (χ0v) is 16.5. The van der Waals surface area contributed by atoms with Gasteiger partial charge in [0.2, 0.25) is 4.77 Å². The molecular formula is C20H21N7S. The van der Waals surface area contributed by atoms with Crippen molar-refractivity contribution < 1.29 is 0 Å². The summed E-state index contributed by atoms with van der Waals surface area (Å²) in [6.45, 7) is 2.78. The third kappa shape index (κ3) is 3.78. The zero-order valence-electron chi connectivity index (χ0n) is 15.7. The zero-order chi connectivity index (χ0) is 19.5. The molecule has 1 N–H and O–H groups in total. The molecule has 2 heterocycles. The van der Waals surface area contributed by atoms with E-state index in [1.54, 1.807) is 11.0 Å². The molecule has 28 heavy (non-hydrogen) atoms. The molecule has 0 aliphatic rings. The number of nitrogens with zero attached hydrogens (tertiary/aromatic N) is 6. The number of benzene rings is 2. The van der Waals surface area contributed by atoms with E-state index < -0.39 is 0 Å². The highest BCUT2D eigenvalue weighted by atomic mass is 32.1. The molecular weight excluding hydrogens is 370 g/mol. The van der Waals surface area contributed by atoms with Crippen molar-refractivity contribution in [2.24, 2.45) is 0 Å². The van der Waals surface area contributed by atoms with Gasteiger partial charge in [0.15, 0.2) is 5.82 Å². The van der Waals surface area contributed by atoms with Crippen LogP contribution in [0.4, 0.5) is 0 Å². The normalized spacial score (nSPS) is 12.4. The lowest BCUT2D eigenvalue weighted by atomic mass is 10.1. The predicted molar refractivity (Wildman–Crippen MR) is 110 cm³/mol. The predicted octanol–water partition coefficient (Wildman–Crippen LogP) is 3.84. The molecule has 1 atom stereocenters. The first-order valence-corrected chi connectivity index (χ1v) is 9.40. The third-order valence-electron chi connectivity index (χ3n) is 4.81. The van der Waals surface area contributed by atoms with Crippen LogP contribution in [0.2, 0.25) is 0 Å². The Morgan fingerprint density at radius 3 is 2.54 bits per heavy atom. The van der Waals surface area contributed by atoms with Crippen LogP contribution in [0, 0.1) is 4.77 Å². The van der Waals surface area contributed by atoms with Crippen LogP contribution >= 0.6 is 12.2 Å². The lowest BCUT2D eigenvalue weighted by molar-refractivity contribution is 0.195. The van der Waals surface area contributed by atoms with Crippen LogP contribution in [0.15, 0.2) is 67.3 Å². The largest absolute Gasteiger partial charge is 0.281 e. The number of nitrogens with one attached hydrogen (secondary N) is 1. The van der Waals surface area contributed by atoms with Gasteiger partial charge in [-0.1, -0.05) is 42.5 Å². The molecule has 7 nitrogen and oxygen atoms in total. The van der Waals surface area contributed by atoms with E-state index in [0.717, 1.165) is 17.1 Å². The van der Waals surface area contributed by atoms with Gasteiger partial charge in [-0.25, -0.2) is 14.3 Å². The monoisotopic (exact) mass is 391 g/mol. The highest BCUT2D eigenvalue weighted by Crippen LogP contribution is 2.21. The summed E-state index contributed by atoms with van der Waals surface area (Å²) in [5.41, 5.74) is 3.21. The second kappa shape index (κ2) is 7.87. The third-order valence-corrected chi connectivity index (χ3v) is 5.12. The summed E-state index contributed by atoms with van der Waals surface area (Å²) in [5.74, 6) is 0.781. The summed E-state index contributed by atoms with van der Waals surface area (Å²) in [5, 5.41) is 7.46. The van der Waals surface area contributed by atoms with Gasteiger partial charge in [0.25, 0.3) is 0 Å². The van der Waals surface area contributed by atoms with E-state index in [4.69, 9.17) is 12.2 Å². The second-order valence-corrected chi connectivity index (χ2v) is 7.02. The lowest BCUT2D eigenvalue weighted by Gasteiger charge is -2.25. The number of hydrogen-bond donors (Lipinski definition) is 1. The van der Waals surface area contributed by atoms with Crippen molar-refractivity contribution in [3.63, 3.8) is 0 Å². The maximum atomic E-state index is 5.44. The van der Waals surface area contributed by atoms with Gasteiger partial charge < -0.3 is 0 Å². The highest BCUT2D eigenvalue weighted by molar-refractivity contribution is 7.71. The minimum absolute atomic E-state index is 0.204. The smallest absolute Gasteiger partial charge is 0.217 e. The molecule has 8 heteroatoms. The Morgan fingerprint density at radius 1 is 1.11 bits per heavy atom. The van der Waals surface area contributed by atoms with Crippen molar-refractivity contribution in [2.45, 2.75) is 19.6 Å². The Labute approximate surface area is 168 Å². The Kier molecular flexibility index (Phi) is 5.14. The standard InChI is InChI=1S/C20H21N7S/c1-15(16-8-10-18(11-9-16)26-13-21-12-22-26)25(2)14-27-20(28)23-19(24-27)17-6-4-3-5-7-17/h3-13,15H,14H2,1-2H3,(H,23,24,28)/t15-/m1/s1. The van der Waals surface area contributed by atoms with Crippen molar-refractivity contribution in [3.05, 3.63) is 77.6 Å². The van der Waals surface area contributed by atoms with Crippen LogP contribution in [-0.2, 0) is 6.67 Å². The molecule has 2 aromatic heterocycles. The molecule has 0 unspecified atom stereocenters. The van der Waals surface area contributed by atoms with E-state index in [1.807, 2.05) is 47.1 Å². The fourth-order valence-electron chi connectivity index (χ4n) is 3.02. The molecule has 0 saturated heterocycles. The summed E-state index contributed by atoms with van der Waals surface area (Å²) < 4.78 is 4.17. The minimum atomic E-state index is 0.204. The van der Waals surface area contributed by atoms with E-state index in [2.05, 4.69) is 51.2 Å². The first-order valence-electron chi connectivity index (χ1n) is 8.99. The van der Waals surface area contributed by atoms with Crippen LogP contribution in [0.5, 0.6) is 0 Å². The Hall–Kier alpha value is -3.10. The summed E-state index contributed by atoms with van der Waals surface area (Å²) in [6, 6.07) is 18.5. The summed E-state index contributed by atoms with van der Waals surface area (Å²) in [7, 11) is 2.07. The molecule has 0 spiro atoms. The molecule has 142 valence electrons. The minimum Gasteiger partial charge on any atom is -0.281 e. The molecule has 0 aliphatic heterocycles. The van der Waals surface area contributed by atoms with Crippen LogP contribution in [0.1, 0.15) is 18.5 Å². The second-order valence-electron chi connectivity index (χ2n) is 6.65. The Balaban J connectivity index is 1.48. The van der Waals surface area contributed by atoms with Crippen molar-refractivity contribution >= 4 is 12.2 Å². The van der Waals surface area contributed by atoms with E-state index in [0.29, 0.717) is 11.4 Å². The van der Waals surface area contributed by atoms with Gasteiger partial charge in [0, 0.05) is 11.6 Å². The topological polar surface area (TPSA) is 67.6 Å². The van der Waals surface area contributed by atoms with Crippen LogP contribution in [0.25, 0.3) is 17.1 Å². The van der Waals surface area contributed by atoms with Crippen LogP contribution in [0.3, 0.4) is 0 Å². The first-order chi connectivity index (χ1) is 13.6. The summed E-state index contributed by atoms with van der Waals surface area (Å²) >= 11 is 5.44. The molecule has 4 aromatic rings. The van der Waals surface area contributed by atoms with E-state index in [-0.39, 0.29) is 6.04 Å². The molecule has 0 amide bonds. The summed E-state index contributed by atoms with van der Waals surface area (Å²) in [6.07, 6.45) is 3.22. The fourth-order valence-corrected chi connectivity index (χ4v) is 3.22. The van der Waals surface area contributed by atoms with Gasteiger partial charge in [-0.15, -0.1) is 0 Å². The van der Waals surface area contributed by atoms with Crippen molar-refractivity contribution in [3.8, 4) is 17.1 Å². The highest BCUT2D eigenvalue weighted by Gasteiger charge is 2.14. The van der Waals surface area contributed by atoms with E-state index >= 15 is 0 Å². The van der Waals surface area contributed by atoms with Gasteiger partial charge in [-0.2, -0.15) is 10.1 Å². The van der Waals surface area contributed by atoms with Crippen molar-refractivity contribution in [1.82, 2.24) is 34.4 Å². The number of rotatable bonds is 6. The van der Waals surface area contributed by atoms with Crippen molar-refractivity contribution in [2.75, 3.05) is 7.05 Å². The molecule has 0 bridgehead atoms. The fraction of sp³-hybridized carbons (Fsp3) is 0.200. The summed E-state index contributed by atoms with van der Waals surface area (Å²) in [4.78, 5) is 10.7. The SMILES string of the molecule is C[C@H](c1ccc(-n2cncn2)cc1)N(C)Cn1[nH]c(-c2ccccc2)nc1=S. The maximum Gasteiger partial charge on any atom is 0.217 e.